The van der Waals surface area contributed by atoms with E-state index in [0.29, 0.717) is 10.6 Å². The highest BCUT2D eigenvalue weighted by atomic mass is 35.5. The van der Waals surface area contributed by atoms with Crippen LogP contribution in [0.1, 0.15) is 27.0 Å². The monoisotopic (exact) mass is 276 g/mol. The molecule has 1 nitrogen and oxygen atoms in total. The van der Waals surface area contributed by atoms with Gasteiger partial charge in [0.1, 0.15) is 5.82 Å². The molecule has 0 atom stereocenters. The average molecular weight is 277 g/mol. The van der Waals surface area contributed by atoms with E-state index in [0.717, 1.165) is 16.7 Å². The molecule has 0 fully saturated rings. The summed E-state index contributed by atoms with van der Waals surface area (Å²) >= 11 is 6.02. The summed E-state index contributed by atoms with van der Waals surface area (Å²) in [6.45, 7) is 3.74. The van der Waals surface area contributed by atoms with Crippen molar-refractivity contribution in [1.82, 2.24) is 0 Å². The molecule has 0 aromatic heterocycles. The number of hydrogen-bond acceptors (Lipinski definition) is 1. The average Bonchev–Trinajstić information content (AvgIpc) is 2.36. The summed E-state index contributed by atoms with van der Waals surface area (Å²) in [5.74, 6) is -0.279. The fourth-order valence-electron chi connectivity index (χ4n) is 1.96. The predicted octanol–water partition coefficient (Wildman–Crippen LogP) is 4.52. The quantitative estimate of drug-likeness (QED) is 0.753. The molecule has 0 saturated carbocycles. The maximum atomic E-state index is 12.8. The van der Waals surface area contributed by atoms with Gasteiger partial charge < -0.3 is 0 Å². The molecule has 19 heavy (non-hydrogen) atoms. The van der Waals surface area contributed by atoms with E-state index in [1.807, 2.05) is 19.9 Å². The lowest BCUT2D eigenvalue weighted by molar-refractivity contribution is 0.0992. The Labute approximate surface area is 117 Å². The van der Waals surface area contributed by atoms with Crippen LogP contribution >= 0.6 is 11.6 Å². The van der Waals surface area contributed by atoms with Crippen LogP contribution < -0.4 is 0 Å². The molecule has 0 radical (unpaired) electrons. The van der Waals surface area contributed by atoms with Gasteiger partial charge in [-0.1, -0.05) is 23.7 Å². The normalized spacial score (nSPS) is 10.5. The topological polar surface area (TPSA) is 17.1 Å². The van der Waals surface area contributed by atoms with Gasteiger partial charge in [-0.15, -0.1) is 0 Å². The standard InChI is InChI=1S/C16H14ClFO/c1-10-8-15(17)11(2)7-14(10)16(19)9-12-3-5-13(18)6-4-12/h3-8H,9H2,1-2H3. The molecular weight excluding hydrogens is 263 g/mol. The zero-order valence-corrected chi connectivity index (χ0v) is 11.6. The predicted molar refractivity (Wildman–Crippen MR) is 75.4 cm³/mol. The van der Waals surface area contributed by atoms with Crippen molar-refractivity contribution in [1.29, 1.82) is 0 Å². The second-order valence-electron chi connectivity index (χ2n) is 4.64. The third kappa shape index (κ3) is 3.21. The van der Waals surface area contributed by atoms with Crippen molar-refractivity contribution in [2.75, 3.05) is 0 Å². The second-order valence-corrected chi connectivity index (χ2v) is 5.05. The van der Waals surface area contributed by atoms with E-state index in [-0.39, 0.29) is 18.0 Å². The Morgan fingerprint density at radius 2 is 1.74 bits per heavy atom. The minimum Gasteiger partial charge on any atom is -0.294 e. The Morgan fingerprint density at radius 3 is 2.37 bits per heavy atom. The molecule has 0 bridgehead atoms. The van der Waals surface area contributed by atoms with Crippen molar-refractivity contribution in [2.45, 2.75) is 20.3 Å². The molecular formula is C16H14ClFO. The van der Waals surface area contributed by atoms with Crippen LogP contribution in [-0.4, -0.2) is 5.78 Å². The van der Waals surface area contributed by atoms with Gasteiger partial charge in [-0.25, -0.2) is 4.39 Å². The van der Waals surface area contributed by atoms with Gasteiger partial charge in [-0.05, 0) is 54.8 Å². The van der Waals surface area contributed by atoms with E-state index in [1.165, 1.54) is 12.1 Å². The number of rotatable bonds is 3. The highest BCUT2D eigenvalue weighted by Gasteiger charge is 2.12. The largest absolute Gasteiger partial charge is 0.294 e. The molecule has 0 aliphatic heterocycles. The summed E-state index contributed by atoms with van der Waals surface area (Å²) in [6.07, 6.45) is 0.266. The van der Waals surface area contributed by atoms with E-state index in [9.17, 15) is 9.18 Å². The highest BCUT2D eigenvalue weighted by Crippen LogP contribution is 2.21. The second kappa shape index (κ2) is 5.54. The molecule has 3 heteroatoms. The van der Waals surface area contributed by atoms with Crippen LogP contribution in [-0.2, 0) is 6.42 Å². The number of benzene rings is 2. The molecule has 0 unspecified atom stereocenters. The molecule has 0 N–H and O–H groups in total. The molecule has 2 rings (SSSR count). The minimum absolute atomic E-state index is 0.0175. The maximum Gasteiger partial charge on any atom is 0.167 e. The minimum atomic E-state index is -0.297. The smallest absolute Gasteiger partial charge is 0.167 e. The Balaban J connectivity index is 2.25. The van der Waals surface area contributed by atoms with Crippen molar-refractivity contribution in [3.8, 4) is 0 Å². The van der Waals surface area contributed by atoms with Crippen molar-refractivity contribution < 1.29 is 9.18 Å². The summed E-state index contributed by atoms with van der Waals surface area (Å²) < 4.78 is 12.8. The molecule has 2 aromatic carbocycles. The number of hydrogen-bond donors (Lipinski definition) is 0. The van der Waals surface area contributed by atoms with Gasteiger partial charge in [0.2, 0.25) is 0 Å². The summed E-state index contributed by atoms with van der Waals surface area (Å²) in [4.78, 5) is 12.2. The number of aryl methyl sites for hydroxylation is 2. The van der Waals surface area contributed by atoms with Crippen molar-refractivity contribution in [2.24, 2.45) is 0 Å². The third-order valence-corrected chi connectivity index (χ3v) is 3.49. The first kappa shape index (κ1) is 13.8. The van der Waals surface area contributed by atoms with E-state index >= 15 is 0 Å². The van der Waals surface area contributed by atoms with Crippen molar-refractivity contribution >= 4 is 17.4 Å². The fraction of sp³-hybridized carbons (Fsp3) is 0.188. The van der Waals surface area contributed by atoms with E-state index in [1.54, 1.807) is 18.2 Å². The number of ketones is 1. The number of carbonyl (C=O) groups is 1. The Hall–Kier alpha value is -1.67. The van der Waals surface area contributed by atoms with Crippen LogP contribution in [0.5, 0.6) is 0 Å². The first-order chi connectivity index (χ1) is 8.97. The van der Waals surface area contributed by atoms with Crippen molar-refractivity contribution in [3.63, 3.8) is 0 Å². The molecule has 0 amide bonds. The Kier molecular flexibility index (Phi) is 4.01. The lowest BCUT2D eigenvalue weighted by Gasteiger charge is -2.08. The Morgan fingerprint density at radius 1 is 1.11 bits per heavy atom. The van der Waals surface area contributed by atoms with E-state index < -0.39 is 0 Å². The Bertz CT molecular complexity index is 617. The SMILES string of the molecule is Cc1cc(C(=O)Cc2ccc(F)cc2)c(C)cc1Cl. The van der Waals surface area contributed by atoms with Crippen LogP contribution in [0.25, 0.3) is 0 Å². The zero-order valence-electron chi connectivity index (χ0n) is 10.8. The van der Waals surface area contributed by atoms with Gasteiger partial charge >= 0.3 is 0 Å². The van der Waals surface area contributed by atoms with Crippen LogP contribution in [0.2, 0.25) is 5.02 Å². The molecule has 98 valence electrons. The van der Waals surface area contributed by atoms with Crippen LogP contribution in [0.4, 0.5) is 4.39 Å². The van der Waals surface area contributed by atoms with Gasteiger partial charge in [0, 0.05) is 17.0 Å². The summed E-state index contributed by atoms with van der Waals surface area (Å²) in [5.41, 5.74) is 3.22. The highest BCUT2D eigenvalue weighted by molar-refractivity contribution is 6.31. The molecule has 0 aliphatic rings. The third-order valence-electron chi connectivity index (χ3n) is 3.08. The number of halogens is 2. The van der Waals surface area contributed by atoms with Gasteiger partial charge in [0.15, 0.2) is 5.78 Å². The molecule has 0 heterocycles. The number of carbonyl (C=O) groups excluding carboxylic acids is 1. The fourth-order valence-corrected chi connectivity index (χ4v) is 2.18. The molecule has 0 aliphatic carbocycles. The molecule has 2 aromatic rings. The maximum absolute atomic E-state index is 12.8. The molecule has 0 saturated heterocycles. The zero-order chi connectivity index (χ0) is 14.0. The summed E-state index contributed by atoms with van der Waals surface area (Å²) in [7, 11) is 0. The molecule has 0 spiro atoms. The summed E-state index contributed by atoms with van der Waals surface area (Å²) in [6, 6.07) is 9.60. The van der Waals surface area contributed by atoms with Gasteiger partial charge in [0.05, 0.1) is 0 Å². The lowest BCUT2D eigenvalue weighted by atomic mass is 9.97. The summed E-state index contributed by atoms with van der Waals surface area (Å²) in [5, 5.41) is 0.663. The van der Waals surface area contributed by atoms with Crippen LogP contribution in [0.3, 0.4) is 0 Å². The van der Waals surface area contributed by atoms with Crippen LogP contribution in [0, 0.1) is 19.7 Å². The number of Topliss-reactive ketones (excluding diaryl/α,β-unsaturated/α-hetero) is 1. The van der Waals surface area contributed by atoms with E-state index in [2.05, 4.69) is 0 Å². The van der Waals surface area contributed by atoms with Gasteiger partial charge in [0.25, 0.3) is 0 Å². The van der Waals surface area contributed by atoms with Crippen molar-refractivity contribution in [3.05, 3.63) is 69.5 Å². The van der Waals surface area contributed by atoms with E-state index in [4.69, 9.17) is 11.6 Å². The van der Waals surface area contributed by atoms with Gasteiger partial charge in [-0.2, -0.15) is 0 Å². The first-order valence-corrected chi connectivity index (χ1v) is 6.39. The van der Waals surface area contributed by atoms with Crippen LogP contribution in [0.15, 0.2) is 36.4 Å². The van der Waals surface area contributed by atoms with Gasteiger partial charge in [-0.3, -0.25) is 4.79 Å². The lowest BCUT2D eigenvalue weighted by Crippen LogP contribution is -2.06. The first-order valence-electron chi connectivity index (χ1n) is 6.02.